The van der Waals surface area contributed by atoms with Crippen molar-refractivity contribution in [2.75, 3.05) is 5.32 Å². The predicted octanol–water partition coefficient (Wildman–Crippen LogP) is 3.77. The monoisotopic (exact) mass is 329 g/mol. The Morgan fingerprint density at radius 1 is 1.24 bits per heavy atom. The Kier molecular flexibility index (Phi) is 4.63. The summed E-state index contributed by atoms with van der Waals surface area (Å²) in [5.74, 6) is -0.0103. The smallest absolute Gasteiger partial charge is 0.261 e. The molecule has 1 aromatic carbocycles. The van der Waals surface area contributed by atoms with E-state index in [1.807, 2.05) is 0 Å². The van der Waals surface area contributed by atoms with Crippen molar-refractivity contribution >= 4 is 31.3 Å². The topological polar surface area (TPSA) is 63.2 Å². The number of halogens is 1. The molecular formula is C15H20ClNO3S. The van der Waals surface area contributed by atoms with Crippen LogP contribution < -0.4 is 5.32 Å². The van der Waals surface area contributed by atoms with Gasteiger partial charge >= 0.3 is 0 Å². The van der Waals surface area contributed by atoms with Crippen LogP contribution >= 0.6 is 10.7 Å². The van der Waals surface area contributed by atoms with Gasteiger partial charge in [0.2, 0.25) is 5.91 Å². The van der Waals surface area contributed by atoms with Gasteiger partial charge in [-0.1, -0.05) is 26.7 Å². The van der Waals surface area contributed by atoms with E-state index in [2.05, 4.69) is 19.2 Å². The van der Waals surface area contributed by atoms with Crippen molar-refractivity contribution in [1.29, 1.82) is 0 Å². The van der Waals surface area contributed by atoms with E-state index in [1.165, 1.54) is 18.6 Å². The van der Waals surface area contributed by atoms with Crippen LogP contribution in [-0.4, -0.2) is 14.3 Å². The molecule has 1 aliphatic rings. The number of carbonyl (C=O) groups is 1. The highest BCUT2D eigenvalue weighted by Crippen LogP contribution is 2.41. The van der Waals surface area contributed by atoms with Crippen molar-refractivity contribution < 1.29 is 13.2 Å². The second-order valence-corrected chi connectivity index (χ2v) is 8.80. The lowest BCUT2D eigenvalue weighted by Gasteiger charge is -2.37. The Bertz CT molecular complexity index is 623. The lowest BCUT2D eigenvalue weighted by atomic mass is 9.68. The minimum absolute atomic E-state index is 0.00109. The summed E-state index contributed by atoms with van der Waals surface area (Å²) < 4.78 is 22.4. The van der Waals surface area contributed by atoms with E-state index in [4.69, 9.17) is 10.7 Å². The molecule has 1 saturated carbocycles. The van der Waals surface area contributed by atoms with Gasteiger partial charge in [-0.2, -0.15) is 0 Å². The van der Waals surface area contributed by atoms with Gasteiger partial charge in [0, 0.05) is 22.3 Å². The summed E-state index contributed by atoms with van der Waals surface area (Å²) >= 11 is 0. The zero-order valence-electron chi connectivity index (χ0n) is 12.2. The van der Waals surface area contributed by atoms with E-state index >= 15 is 0 Å². The summed E-state index contributed by atoms with van der Waals surface area (Å²) in [6, 6.07) is 5.90. The summed E-state index contributed by atoms with van der Waals surface area (Å²) in [6.45, 7) is 4.25. The fourth-order valence-corrected chi connectivity index (χ4v) is 3.68. The molecule has 0 spiro atoms. The van der Waals surface area contributed by atoms with Gasteiger partial charge in [0.25, 0.3) is 9.05 Å². The highest BCUT2D eigenvalue weighted by molar-refractivity contribution is 8.13. The molecule has 6 heteroatoms. The Labute approximate surface area is 130 Å². The molecule has 116 valence electrons. The van der Waals surface area contributed by atoms with Crippen molar-refractivity contribution in [1.82, 2.24) is 0 Å². The van der Waals surface area contributed by atoms with Crippen molar-refractivity contribution in [2.45, 2.75) is 44.4 Å². The van der Waals surface area contributed by atoms with Crippen LogP contribution in [0.2, 0.25) is 0 Å². The first kappa shape index (κ1) is 16.3. The number of anilines is 1. The van der Waals surface area contributed by atoms with E-state index < -0.39 is 9.05 Å². The lowest BCUT2D eigenvalue weighted by molar-refractivity contribution is -0.124. The third-order valence-corrected chi connectivity index (χ3v) is 5.60. The quantitative estimate of drug-likeness (QED) is 0.858. The molecule has 0 aromatic heterocycles. The number of carbonyl (C=O) groups excluding carboxylic acids is 1. The molecule has 1 aromatic rings. The largest absolute Gasteiger partial charge is 0.326 e. The highest BCUT2D eigenvalue weighted by Gasteiger charge is 2.37. The van der Waals surface area contributed by atoms with E-state index in [9.17, 15) is 13.2 Å². The van der Waals surface area contributed by atoms with Gasteiger partial charge in [0.15, 0.2) is 0 Å². The zero-order valence-corrected chi connectivity index (χ0v) is 13.8. The Morgan fingerprint density at radius 3 is 2.38 bits per heavy atom. The molecule has 0 saturated heterocycles. The van der Waals surface area contributed by atoms with Crippen LogP contribution in [0.25, 0.3) is 0 Å². The summed E-state index contributed by atoms with van der Waals surface area (Å²) in [5, 5.41) is 2.87. The second-order valence-electron chi connectivity index (χ2n) is 6.24. The molecule has 1 N–H and O–H groups in total. The van der Waals surface area contributed by atoms with Crippen LogP contribution in [0.5, 0.6) is 0 Å². The third-order valence-electron chi connectivity index (χ3n) is 4.23. The molecule has 0 heterocycles. The van der Waals surface area contributed by atoms with Crippen molar-refractivity contribution in [2.24, 2.45) is 11.3 Å². The maximum Gasteiger partial charge on any atom is 0.261 e. The first-order valence-corrected chi connectivity index (χ1v) is 9.37. The molecule has 21 heavy (non-hydrogen) atoms. The summed E-state index contributed by atoms with van der Waals surface area (Å²) in [6.07, 6.45) is 4.19. The van der Waals surface area contributed by atoms with Crippen LogP contribution in [0.3, 0.4) is 0 Å². The lowest BCUT2D eigenvalue weighted by Crippen LogP contribution is -2.37. The molecule has 0 aliphatic heterocycles. The number of amides is 1. The van der Waals surface area contributed by atoms with Gasteiger partial charge in [-0.15, -0.1) is 0 Å². The normalized spacial score (nSPS) is 21.8. The summed E-state index contributed by atoms with van der Waals surface area (Å²) in [5.41, 5.74) is 0.590. The molecule has 1 atom stereocenters. The molecule has 1 aliphatic carbocycles. The number of rotatable bonds is 3. The van der Waals surface area contributed by atoms with Crippen LogP contribution in [0.4, 0.5) is 5.69 Å². The molecule has 0 radical (unpaired) electrons. The van der Waals surface area contributed by atoms with Crippen LogP contribution in [-0.2, 0) is 13.8 Å². The van der Waals surface area contributed by atoms with E-state index in [-0.39, 0.29) is 22.1 Å². The van der Waals surface area contributed by atoms with Gasteiger partial charge in [0.1, 0.15) is 0 Å². The average Bonchev–Trinajstić information content (AvgIpc) is 2.37. The summed E-state index contributed by atoms with van der Waals surface area (Å²) in [4.78, 5) is 12.4. The van der Waals surface area contributed by atoms with Crippen molar-refractivity contribution in [3.8, 4) is 0 Å². The highest BCUT2D eigenvalue weighted by atomic mass is 35.7. The summed E-state index contributed by atoms with van der Waals surface area (Å²) in [7, 11) is 1.53. The Hall–Kier alpha value is -1.07. The average molecular weight is 330 g/mol. The van der Waals surface area contributed by atoms with Gasteiger partial charge in [0.05, 0.1) is 4.90 Å². The number of nitrogens with one attached hydrogen (secondary N) is 1. The van der Waals surface area contributed by atoms with Gasteiger partial charge in [-0.3, -0.25) is 4.79 Å². The fraction of sp³-hybridized carbons (Fsp3) is 0.533. The molecule has 2 rings (SSSR count). The minimum atomic E-state index is -3.73. The first-order valence-electron chi connectivity index (χ1n) is 7.06. The fourth-order valence-electron chi connectivity index (χ4n) is 2.91. The van der Waals surface area contributed by atoms with E-state index in [0.29, 0.717) is 5.69 Å². The molecule has 4 nitrogen and oxygen atoms in total. The molecule has 1 unspecified atom stereocenters. The SMILES string of the molecule is CC1(C)CCCCC1C(=O)Nc1ccc(S(=O)(=O)Cl)cc1. The molecule has 1 fully saturated rings. The predicted molar refractivity (Wildman–Crippen MR) is 83.8 cm³/mol. The Morgan fingerprint density at radius 2 is 1.86 bits per heavy atom. The van der Waals surface area contributed by atoms with Crippen LogP contribution in [0.1, 0.15) is 39.5 Å². The minimum Gasteiger partial charge on any atom is -0.326 e. The number of benzene rings is 1. The molecule has 0 bridgehead atoms. The van der Waals surface area contributed by atoms with Crippen molar-refractivity contribution in [3.63, 3.8) is 0 Å². The maximum absolute atomic E-state index is 12.4. The van der Waals surface area contributed by atoms with Gasteiger partial charge in [-0.25, -0.2) is 8.42 Å². The Balaban J connectivity index is 2.09. The van der Waals surface area contributed by atoms with E-state index in [1.54, 1.807) is 12.1 Å². The standard InChI is InChI=1S/C15H20ClNO3S/c1-15(2)10-4-3-5-13(15)14(18)17-11-6-8-12(9-7-11)21(16,19)20/h6-9,13H,3-5,10H2,1-2H3,(H,17,18). The van der Waals surface area contributed by atoms with Crippen molar-refractivity contribution in [3.05, 3.63) is 24.3 Å². The maximum atomic E-state index is 12.4. The third kappa shape index (κ3) is 3.98. The molecular weight excluding hydrogens is 310 g/mol. The van der Waals surface area contributed by atoms with Crippen LogP contribution in [0, 0.1) is 11.3 Å². The van der Waals surface area contributed by atoms with Gasteiger partial charge < -0.3 is 5.32 Å². The second kappa shape index (κ2) is 5.97. The zero-order chi connectivity index (χ0) is 15.7. The van der Waals surface area contributed by atoms with E-state index in [0.717, 1.165) is 19.3 Å². The number of hydrogen-bond acceptors (Lipinski definition) is 3. The van der Waals surface area contributed by atoms with Crippen LogP contribution in [0.15, 0.2) is 29.2 Å². The molecule has 1 amide bonds. The first-order chi connectivity index (χ1) is 9.70. The van der Waals surface area contributed by atoms with Gasteiger partial charge in [-0.05, 0) is 42.5 Å². The number of hydrogen-bond donors (Lipinski definition) is 1.